The predicted molar refractivity (Wildman–Crippen MR) is 208 cm³/mol. The van der Waals surface area contributed by atoms with E-state index in [0.29, 0.717) is 30.8 Å². The molecule has 1 aliphatic heterocycles. The lowest BCUT2D eigenvalue weighted by Crippen LogP contribution is -2.51. The number of nitrogens with one attached hydrogen (secondary N) is 4. The molecule has 1 fully saturated rings. The smallest absolute Gasteiger partial charge is 0.425 e. The van der Waals surface area contributed by atoms with Gasteiger partial charge in [0.15, 0.2) is 0 Å². The third-order valence-corrected chi connectivity index (χ3v) is 10.3. The van der Waals surface area contributed by atoms with E-state index in [9.17, 15) is 19.2 Å². The van der Waals surface area contributed by atoms with Crippen molar-refractivity contribution in [1.29, 1.82) is 0 Å². The lowest BCUT2D eigenvalue weighted by Gasteiger charge is -2.30. The second kappa shape index (κ2) is 17.0. The second-order valence-corrected chi connectivity index (χ2v) is 14.6. The first-order chi connectivity index (χ1) is 26.5. The van der Waals surface area contributed by atoms with Crippen LogP contribution in [-0.4, -0.2) is 86.7 Å². The van der Waals surface area contributed by atoms with Gasteiger partial charge in [0.1, 0.15) is 17.7 Å². The molecule has 1 saturated heterocycles. The summed E-state index contributed by atoms with van der Waals surface area (Å²) in [6.45, 7) is 8.06. The molecule has 2 aliphatic rings. The molecular formula is C41H50N8O6. The van der Waals surface area contributed by atoms with E-state index in [-0.39, 0.29) is 29.8 Å². The van der Waals surface area contributed by atoms with E-state index >= 15 is 0 Å². The number of amides is 4. The molecule has 0 saturated carbocycles. The Morgan fingerprint density at radius 2 is 1.36 bits per heavy atom. The Bertz CT molecular complexity index is 2030. The van der Waals surface area contributed by atoms with Crippen molar-refractivity contribution in [2.75, 3.05) is 20.8 Å². The Morgan fingerprint density at radius 3 is 1.96 bits per heavy atom. The van der Waals surface area contributed by atoms with Crippen LogP contribution in [0.3, 0.4) is 0 Å². The standard InChI is InChI=1S/C41H50N8O6/c1-24(2)35(46-40(52)54-5)39(51)48-21-9-12-34(48)37-43-23-33(45-37)29-19-15-27(16-20-29)26-13-17-28(18-14-26)32-22-42-36(44-32)30-10-7-8-11-31(30)38(50)49(25(3)4)47-41(53)55-6/h13-20,22-25,34-35H,7-12,21H2,1-6H3,(H,42,44)(H,43,45)(H,46,52)(H,47,53)/t34-,35?/m0/s1. The summed E-state index contributed by atoms with van der Waals surface area (Å²) in [5.74, 6) is 0.875. The molecule has 4 aromatic rings. The van der Waals surface area contributed by atoms with E-state index in [4.69, 9.17) is 9.47 Å². The highest BCUT2D eigenvalue weighted by Crippen LogP contribution is 2.35. The maximum Gasteiger partial charge on any atom is 0.425 e. The molecule has 0 radical (unpaired) electrons. The van der Waals surface area contributed by atoms with Gasteiger partial charge in [-0.15, -0.1) is 0 Å². The summed E-state index contributed by atoms with van der Waals surface area (Å²) in [7, 11) is 2.56. The first kappa shape index (κ1) is 38.8. The fourth-order valence-electron chi connectivity index (χ4n) is 7.26. The van der Waals surface area contributed by atoms with Crippen molar-refractivity contribution in [3.05, 3.63) is 78.1 Å². The number of rotatable bonds is 10. The fraction of sp³-hybridized carbons (Fsp3) is 0.415. The summed E-state index contributed by atoms with van der Waals surface area (Å²) in [5.41, 5.74) is 9.79. The monoisotopic (exact) mass is 750 g/mol. The minimum absolute atomic E-state index is 0.106. The maximum absolute atomic E-state index is 13.6. The zero-order valence-electron chi connectivity index (χ0n) is 32.3. The van der Waals surface area contributed by atoms with Crippen LogP contribution in [0.25, 0.3) is 39.2 Å². The van der Waals surface area contributed by atoms with Gasteiger partial charge in [-0.05, 0) is 80.5 Å². The van der Waals surface area contributed by atoms with Gasteiger partial charge in [0.2, 0.25) is 5.91 Å². The van der Waals surface area contributed by atoms with E-state index in [1.165, 1.54) is 19.2 Å². The van der Waals surface area contributed by atoms with Gasteiger partial charge in [0.25, 0.3) is 5.91 Å². The first-order valence-corrected chi connectivity index (χ1v) is 18.9. The number of likely N-dealkylation sites (tertiary alicyclic amines) is 1. The number of aromatic amines is 2. The second-order valence-electron chi connectivity index (χ2n) is 14.6. The fourth-order valence-corrected chi connectivity index (χ4v) is 7.26. The molecule has 1 aliphatic carbocycles. The van der Waals surface area contributed by atoms with Crippen LogP contribution in [-0.2, 0) is 19.1 Å². The van der Waals surface area contributed by atoms with Gasteiger partial charge < -0.3 is 29.7 Å². The van der Waals surface area contributed by atoms with E-state index in [1.54, 1.807) is 17.3 Å². The topological polar surface area (TPSA) is 175 Å². The van der Waals surface area contributed by atoms with Crippen molar-refractivity contribution >= 4 is 29.6 Å². The van der Waals surface area contributed by atoms with Crippen LogP contribution in [0.1, 0.15) is 83.9 Å². The Hall–Kier alpha value is -5.92. The number of ether oxygens (including phenoxy) is 2. The Labute approximate surface area is 321 Å². The van der Waals surface area contributed by atoms with Gasteiger partial charge in [-0.2, -0.15) is 0 Å². The van der Waals surface area contributed by atoms with Crippen LogP contribution < -0.4 is 10.7 Å². The minimum atomic E-state index is -0.692. The van der Waals surface area contributed by atoms with E-state index in [1.807, 2.05) is 52.0 Å². The van der Waals surface area contributed by atoms with Crippen molar-refractivity contribution in [2.45, 2.75) is 84.3 Å². The van der Waals surface area contributed by atoms with Crippen molar-refractivity contribution < 1.29 is 28.7 Å². The number of carbonyl (C=O) groups is 4. The van der Waals surface area contributed by atoms with Gasteiger partial charge in [0, 0.05) is 23.7 Å². The molecule has 14 heteroatoms. The molecule has 290 valence electrons. The van der Waals surface area contributed by atoms with Crippen LogP contribution in [0, 0.1) is 5.92 Å². The molecule has 0 spiro atoms. The van der Waals surface area contributed by atoms with Crippen molar-refractivity contribution in [3.63, 3.8) is 0 Å². The molecule has 4 N–H and O–H groups in total. The summed E-state index contributed by atoms with van der Waals surface area (Å²) in [6.07, 6.45) is 7.03. The number of nitrogens with zero attached hydrogens (tertiary/aromatic N) is 4. The Morgan fingerprint density at radius 1 is 0.782 bits per heavy atom. The molecule has 14 nitrogen and oxygen atoms in total. The quantitative estimate of drug-likeness (QED) is 0.125. The average molecular weight is 751 g/mol. The number of aromatic nitrogens is 4. The molecule has 6 rings (SSSR count). The zero-order chi connectivity index (χ0) is 39.2. The van der Waals surface area contributed by atoms with Gasteiger partial charge in [0.05, 0.1) is 44.0 Å². The lowest BCUT2D eigenvalue weighted by atomic mass is 9.90. The number of hydrogen-bond acceptors (Lipinski definition) is 8. The SMILES string of the molecule is COC(=O)NC(C(=O)N1CCC[C@H]1c1ncc(-c2ccc(-c3ccc(-c4cnc(C5=C(C(=O)N(NC(=O)OC)C(C)C)CCCC5)[nH]4)cc3)cc2)[nH]1)C(C)C. The van der Waals surface area contributed by atoms with Crippen molar-refractivity contribution in [1.82, 2.24) is 40.6 Å². The number of imidazole rings is 2. The predicted octanol–water partition coefficient (Wildman–Crippen LogP) is 7.01. The van der Waals surface area contributed by atoms with Crippen LogP contribution in [0.15, 0.2) is 66.5 Å². The first-order valence-electron chi connectivity index (χ1n) is 18.9. The molecule has 0 bridgehead atoms. The number of allylic oxidation sites excluding steroid dienone is 1. The van der Waals surface area contributed by atoms with Crippen LogP contribution in [0.4, 0.5) is 9.59 Å². The molecule has 55 heavy (non-hydrogen) atoms. The third kappa shape index (κ3) is 8.58. The van der Waals surface area contributed by atoms with Crippen LogP contribution in [0.2, 0.25) is 0 Å². The third-order valence-electron chi connectivity index (χ3n) is 10.3. The average Bonchev–Trinajstić information content (AvgIpc) is 4.00. The number of methoxy groups -OCH3 is 2. The summed E-state index contributed by atoms with van der Waals surface area (Å²) in [4.78, 5) is 69.1. The summed E-state index contributed by atoms with van der Waals surface area (Å²) >= 11 is 0. The molecule has 3 heterocycles. The largest absolute Gasteiger partial charge is 0.453 e. The highest BCUT2D eigenvalue weighted by Gasteiger charge is 2.37. The molecule has 2 aromatic carbocycles. The van der Waals surface area contributed by atoms with Crippen LogP contribution >= 0.6 is 0 Å². The summed E-state index contributed by atoms with van der Waals surface area (Å²) < 4.78 is 9.49. The highest BCUT2D eigenvalue weighted by molar-refractivity contribution is 6.01. The molecule has 1 unspecified atom stereocenters. The number of hydrogen-bond donors (Lipinski definition) is 4. The van der Waals surface area contributed by atoms with Gasteiger partial charge in [-0.3, -0.25) is 9.59 Å². The summed E-state index contributed by atoms with van der Waals surface area (Å²) in [6, 6.07) is 15.3. The normalized spacial score (nSPS) is 16.3. The van der Waals surface area contributed by atoms with E-state index in [2.05, 4.69) is 54.9 Å². The molecule has 2 aromatic heterocycles. The highest BCUT2D eigenvalue weighted by atomic mass is 16.5. The zero-order valence-corrected chi connectivity index (χ0v) is 32.3. The number of hydrazine groups is 1. The van der Waals surface area contributed by atoms with E-state index < -0.39 is 18.2 Å². The minimum Gasteiger partial charge on any atom is -0.453 e. The van der Waals surface area contributed by atoms with Gasteiger partial charge in [-0.25, -0.2) is 30.0 Å². The van der Waals surface area contributed by atoms with Crippen LogP contribution in [0.5, 0.6) is 0 Å². The van der Waals surface area contributed by atoms with E-state index in [0.717, 1.165) is 70.7 Å². The Kier molecular flexibility index (Phi) is 12.0. The number of H-pyrrole nitrogens is 2. The number of carbonyl (C=O) groups excluding carboxylic acids is 4. The van der Waals surface area contributed by atoms with Crippen molar-refractivity contribution in [3.8, 4) is 33.6 Å². The van der Waals surface area contributed by atoms with Gasteiger partial charge in [-0.1, -0.05) is 62.4 Å². The number of alkyl carbamates (subject to hydrolysis) is 1. The summed E-state index contributed by atoms with van der Waals surface area (Å²) in [5, 5.41) is 4.01. The lowest BCUT2D eigenvalue weighted by molar-refractivity contribution is -0.135. The van der Waals surface area contributed by atoms with Gasteiger partial charge >= 0.3 is 12.2 Å². The Balaban J connectivity index is 1.14. The number of benzene rings is 2. The van der Waals surface area contributed by atoms with Crippen molar-refractivity contribution in [2.24, 2.45) is 5.92 Å². The molecular weight excluding hydrogens is 701 g/mol. The molecule has 2 atom stereocenters. The maximum atomic E-state index is 13.6. The molecule has 4 amide bonds.